The van der Waals surface area contributed by atoms with Crippen molar-refractivity contribution < 1.29 is 41.2 Å². The van der Waals surface area contributed by atoms with Crippen molar-refractivity contribution in [3.63, 3.8) is 0 Å². The number of nitrogens with one attached hydrogen (secondary N) is 1. The van der Waals surface area contributed by atoms with Gasteiger partial charge in [0.1, 0.15) is 23.4 Å². The second-order valence-corrected chi connectivity index (χ2v) is 15.0. The summed E-state index contributed by atoms with van der Waals surface area (Å²) in [4.78, 5) is 22.0. The van der Waals surface area contributed by atoms with Crippen molar-refractivity contribution in [2.45, 2.75) is 68.5 Å². The van der Waals surface area contributed by atoms with Gasteiger partial charge in [-0.3, -0.25) is 10.1 Å². The molecule has 0 bridgehead atoms. The van der Waals surface area contributed by atoms with Crippen LogP contribution in [-0.4, -0.2) is 75.8 Å². The van der Waals surface area contributed by atoms with Gasteiger partial charge in [0.2, 0.25) is 0 Å². The van der Waals surface area contributed by atoms with E-state index in [2.05, 4.69) is 15.3 Å². The number of aromatic nitrogens is 2. The van der Waals surface area contributed by atoms with E-state index >= 15 is 0 Å². The minimum absolute atomic E-state index is 0.0403. The maximum atomic E-state index is 13.4. The van der Waals surface area contributed by atoms with Crippen LogP contribution in [0.3, 0.4) is 0 Å². The van der Waals surface area contributed by atoms with Crippen molar-refractivity contribution in [1.29, 1.82) is 0 Å². The predicted octanol–water partition coefficient (Wildman–Crippen LogP) is 5.98. The number of methoxy groups -OCH3 is 1. The monoisotopic (exact) mass is 679 g/mol. The first kappa shape index (κ1) is 33.6. The number of pyridine rings is 1. The van der Waals surface area contributed by atoms with Gasteiger partial charge in [0, 0.05) is 43.4 Å². The highest BCUT2D eigenvalue weighted by molar-refractivity contribution is 7.90. The molecule has 1 N–H and O–H groups in total. The Hall–Kier alpha value is -2.71. The fourth-order valence-corrected chi connectivity index (χ4v) is 7.76. The summed E-state index contributed by atoms with van der Waals surface area (Å²) in [5, 5.41) is 5.13. The molecule has 4 heterocycles. The molecule has 45 heavy (non-hydrogen) atoms. The van der Waals surface area contributed by atoms with Crippen LogP contribution in [0.15, 0.2) is 46.9 Å². The van der Waals surface area contributed by atoms with Gasteiger partial charge in [-0.05, 0) is 49.9 Å². The molecule has 2 saturated heterocycles. The molecule has 2 aliphatic heterocycles. The molecule has 2 aromatic heterocycles. The smallest absolute Gasteiger partial charge is 0.257 e. The van der Waals surface area contributed by atoms with Crippen molar-refractivity contribution in [2.75, 3.05) is 38.5 Å². The molecule has 3 aromatic rings. The first-order valence-electron chi connectivity index (χ1n) is 14.8. The molecule has 15 heteroatoms. The van der Waals surface area contributed by atoms with Crippen molar-refractivity contribution in [2.24, 2.45) is 0 Å². The number of hydrogen-bond donors (Lipinski definition) is 1. The Morgan fingerprint density at radius 1 is 1.13 bits per heavy atom. The van der Waals surface area contributed by atoms with Gasteiger partial charge >= 0.3 is 0 Å². The third kappa shape index (κ3) is 9.65. The summed E-state index contributed by atoms with van der Waals surface area (Å²) in [5.74, 6) is 0.616. The fourth-order valence-electron chi connectivity index (χ4n) is 4.86. The third-order valence-corrected chi connectivity index (χ3v) is 10.5. The lowest BCUT2D eigenvalue weighted by atomic mass is 10.0. The van der Waals surface area contributed by atoms with Gasteiger partial charge in [-0.1, -0.05) is 6.92 Å². The van der Waals surface area contributed by atoms with Crippen LogP contribution in [0.1, 0.15) is 55.1 Å². The topological polar surface area (TPSA) is 144 Å². The zero-order chi connectivity index (χ0) is 31.8. The van der Waals surface area contributed by atoms with Gasteiger partial charge in [0.15, 0.2) is 28.4 Å². The summed E-state index contributed by atoms with van der Waals surface area (Å²) >= 11 is 1.32. The number of hydrogen-bond acceptors (Lipinski definition) is 12. The zero-order valence-electron chi connectivity index (χ0n) is 25.5. The van der Waals surface area contributed by atoms with E-state index in [0.717, 1.165) is 44.2 Å². The van der Waals surface area contributed by atoms with Crippen molar-refractivity contribution >= 4 is 40.6 Å². The minimum atomic E-state index is -3.46. The molecule has 3 unspecified atom stereocenters. The summed E-state index contributed by atoms with van der Waals surface area (Å²) in [6, 6.07) is 7.70. The zero-order valence-corrected chi connectivity index (χ0v) is 28.0. The van der Waals surface area contributed by atoms with Crippen molar-refractivity contribution in [3.8, 4) is 17.2 Å². The lowest BCUT2D eigenvalue weighted by Gasteiger charge is -2.35. The maximum absolute atomic E-state index is 13.4. The molecule has 0 radical (unpaired) electrons. The Kier molecular flexibility index (Phi) is 11.8. The van der Waals surface area contributed by atoms with Gasteiger partial charge in [-0.2, -0.15) is 0 Å². The molecule has 12 nitrogen and oxygen atoms in total. The van der Waals surface area contributed by atoms with E-state index in [-0.39, 0.29) is 28.9 Å². The Balaban J connectivity index is 1.27. The van der Waals surface area contributed by atoms with E-state index in [0.29, 0.717) is 48.2 Å². The normalized spacial score (nSPS) is 21.2. The molecule has 2 fully saturated rings. The Morgan fingerprint density at radius 2 is 1.98 bits per heavy atom. The highest BCUT2D eigenvalue weighted by atomic mass is 32.2. The standard InChI is InChI=1S/C30H38N3O9PS2/c1-4-22(17-37-2)40-24-13-20(14-25(15-24)41-23-8-9-28(31-16-23)45(3,35)36)29(34)33-30-32-21(19-44-30)18-43-39-12-10-27(42-43)26-7-5-6-11-38-26/h8-9,13-16,19,22,26-27H,4-7,10-12,17-18H2,1-3H3,(H,32,33,34)/t22-,26?,27?,43?/m0/s1. The Labute approximate surface area is 268 Å². The van der Waals surface area contributed by atoms with Gasteiger partial charge < -0.3 is 28.0 Å². The summed E-state index contributed by atoms with van der Waals surface area (Å²) in [6.07, 6.45) is 7.61. The van der Waals surface area contributed by atoms with Crippen LogP contribution in [0.25, 0.3) is 0 Å². The van der Waals surface area contributed by atoms with Crippen molar-refractivity contribution in [3.05, 3.63) is 53.2 Å². The molecule has 5 rings (SSSR count). The van der Waals surface area contributed by atoms with Crippen LogP contribution in [0.5, 0.6) is 17.2 Å². The third-order valence-electron chi connectivity index (χ3n) is 7.16. The predicted molar refractivity (Wildman–Crippen MR) is 170 cm³/mol. The largest absolute Gasteiger partial charge is 0.488 e. The number of carbonyl (C=O) groups is 1. The number of amides is 1. The van der Waals surface area contributed by atoms with Gasteiger partial charge in [-0.15, -0.1) is 11.3 Å². The van der Waals surface area contributed by atoms with E-state index in [1.165, 1.54) is 29.7 Å². The fraction of sp³-hybridized carbons (Fsp3) is 0.500. The van der Waals surface area contributed by atoms with E-state index in [4.69, 9.17) is 28.0 Å². The first-order valence-corrected chi connectivity index (χ1v) is 18.9. The number of nitrogens with zero attached hydrogens (tertiary/aromatic N) is 2. The average molecular weight is 680 g/mol. The molecule has 244 valence electrons. The van der Waals surface area contributed by atoms with Gasteiger partial charge in [0.05, 0.1) is 43.5 Å². The molecule has 1 amide bonds. The summed E-state index contributed by atoms with van der Waals surface area (Å²) in [7, 11) is -3.01. The molecular weight excluding hydrogens is 641 g/mol. The van der Waals surface area contributed by atoms with Crippen LogP contribution in [-0.2, 0) is 34.5 Å². The first-order chi connectivity index (χ1) is 21.7. The Bertz CT molecular complexity index is 1530. The lowest BCUT2D eigenvalue weighted by molar-refractivity contribution is -0.0678. The quantitative estimate of drug-likeness (QED) is 0.213. The minimum Gasteiger partial charge on any atom is -0.488 e. The molecule has 1 aromatic carbocycles. The highest BCUT2D eigenvalue weighted by Gasteiger charge is 2.32. The number of thiazole rings is 1. The average Bonchev–Trinajstić information content (AvgIpc) is 3.47. The maximum Gasteiger partial charge on any atom is 0.257 e. The number of ether oxygens (including phenoxy) is 4. The van der Waals surface area contributed by atoms with E-state index < -0.39 is 24.1 Å². The SMILES string of the molecule is CC[C@@H](COC)Oc1cc(Oc2ccc(S(C)(=O)=O)nc2)cc(C(=O)Nc2nc(CP3OCCC(C4CCCCO4)O3)cs2)c1. The highest BCUT2D eigenvalue weighted by Crippen LogP contribution is 2.48. The van der Waals surface area contributed by atoms with Crippen LogP contribution in [0.2, 0.25) is 0 Å². The van der Waals surface area contributed by atoms with E-state index in [9.17, 15) is 13.2 Å². The molecule has 2 aliphatic rings. The van der Waals surface area contributed by atoms with E-state index in [1.54, 1.807) is 25.3 Å². The Morgan fingerprint density at radius 3 is 2.69 bits per heavy atom. The molecule has 0 spiro atoms. The molecule has 4 atom stereocenters. The van der Waals surface area contributed by atoms with Gasteiger partial charge in [0.25, 0.3) is 5.91 Å². The summed E-state index contributed by atoms with van der Waals surface area (Å²) < 4.78 is 59.0. The second-order valence-electron chi connectivity index (χ2n) is 10.8. The number of anilines is 1. The molecule has 0 saturated carbocycles. The van der Waals surface area contributed by atoms with Crippen LogP contribution < -0.4 is 14.8 Å². The lowest BCUT2D eigenvalue weighted by Crippen LogP contribution is -2.36. The number of rotatable bonds is 13. The number of benzene rings is 1. The van der Waals surface area contributed by atoms with E-state index in [1.807, 2.05) is 12.3 Å². The van der Waals surface area contributed by atoms with Crippen LogP contribution in [0.4, 0.5) is 5.13 Å². The summed E-state index contributed by atoms with van der Waals surface area (Å²) in [5.41, 5.74) is 1.06. The number of carbonyl (C=O) groups excluding carboxylic acids is 1. The second kappa shape index (κ2) is 15.7. The summed E-state index contributed by atoms with van der Waals surface area (Å²) in [6.45, 7) is 3.75. The van der Waals surface area contributed by atoms with Crippen molar-refractivity contribution in [1.82, 2.24) is 9.97 Å². The van der Waals surface area contributed by atoms with Crippen LogP contribution in [0, 0.1) is 0 Å². The van der Waals surface area contributed by atoms with Crippen LogP contribution >= 0.6 is 19.7 Å². The van der Waals surface area contributed by atoms with Gasteiger partial charge in [-0.25, -0.2) is 18.4 Å². The molecular formula is C30H38N3O9PS2. The molecule has 0 aliphatic carbocycles. The number of sulfone groups is 1.